The zero-order valence-corrected chi connectivity index (χ0v) is 16.1. The molecule has 0 radical (unpaired) electrons. The third-order valence-corrected chi connectivity index (χ3v) is 6.04. The minimum atomic E-state index is -0.468. The molecule has 2 fully saturated rings. The third-order valence-electron chi connectivity index (χ3n) is 6.04. The summed E-state index contributed by atoms with van der Waals surface area (Å²) in [6.07, 6.45) is 1.47. The van der Waals surface area contributed by atoms with Crippen molar-refractivity contribution in [1.29, 1.82) is 0 Å². The Morgan fingerprint density at radius 3 is 2.36 bits per heavy atom. The maximum atomic E-state index is 13.6. The number of rotatable bonds is 4. The highest BCUT2D eigenvalue weighted by Crippen LogP contribution is 2.37. The Bertz CT molecular complexity index is 797. The molecule has 5 heteroatoms. The lowest BCUT2D eigenvalue weighted by molar-refractivity contribution is -0.143. The number of hydrogen-bond donors (Lipinski definition) is 0. The van der Waals surface area contributed by atoms with Gasteiger partial charge in [0, 0.05) is 45.9 Å². The molecule has 2 heterocycles. The topological polar surface area (TPSA) is 32.8 Å². The van der Waals surface area contributed by atoms with Gasteiger partial charge in [0.25, 0.3) is 0 Å². The highest BCUT2D eigenvalue weighted by molar-refractivity contribution is 5.88. The molecular weight excluding hydrogens is 355 g/mol. The van der Waals surface area contributed by atoms with E-state index in [1.807, 2.05) is 29.2 Å². The van der Waals surface area contributed by atoms with Crippen LogP contribution in [0.3, 0.4) is 0 Å². The number of hydrogen-bond acceptors (Lipinski definition) is 3. The molecule has 0 aromatic heterocycles. The fourth-order valence-electron chi connectivity index (χ4n) is 4.41. The zero-order valence-electron chi connectivity index (χ0n) is 16.1. The fourth-order valence-corrected chi connectivity index (χ4v) is 4.41. The molecule has 4 nitrogen and oxygen atoms in total. The van der Waals surface area contributed by atoms with E-state index in [0.717, 1.165) is 43.6 Å². The first kappa shape index (κ1) is 19.1. The molecule has 1 amide bonds. The number of halogens is 1. The van der Waals surface area contributed by atoms with Crippen LogP contribution in [-0.2, 0) is 21.5 Å². The molecule has 2 aliphatic heterocycles. The SMILES string of the molecule is O=C(N1CCN(Cc2cccc(F)c2)CC1)C1(c2ccccc2)CCOCC1. The van der Waals surface area contributed by atoms with Gasteiger partial charge >= 0.3 is 0 Å². The molecule has 2 aromatic rings. The summed E-state index contributed by atoms with van der Waals surface area (Å²) >= 11 is 0. The molecule has 0 saturated carbocycles. The standard InChI is InChI=1S/C23H27FN2O2/c24-21-8-4-5-19(17-21)18-25-11-13-26(14-12-25)22(27)23(9-15-28-16-10-23)20-6-2-1-3-7-20/h1-8,17H,9-16,18H2. The monoisotopic (exact) mass is 382 g/mol. The number of ether oxygens (including phenoxy) is 1. The van der Waals surface area contributed by atoms with Crippen molar-refractivity contribution in [2.24, 2.45) is 0 Å². The van der Waals surface area contributed by atoms with Crippen LogP contribution >= 0.6 is 0 Å². The van der Waals surface area contributed by atoms with Crippen LogP contribution in [0.1, 0.15) is 24.0 Å². The van der Waals surface area contributed by atoms with Gasteiger partial charge in [-0.05, 0) is 36.1 Å². The lowest BCUT2D eigenvalue weighted by Crippen LogP contribution is -2.55. The molecule has 28 heavy (non-hydrogen) atoms. The van der Waals surface area contributed by atoms with E-state index in [2.05, 4.69) is 17.0 Å². The van der Waals surface area contributed by atoms with Gasteiger partial charge in [-0.2, -0.15) is 0 Å². The van der Waals surface area contributed by atoms with Gasteiger partial charge in [0.2, 0.25) is 5.91 Å². The van der Waals surface area contributed by atoms with Crippen LogP contribution in [0.15, 0.2) is 54.6 Å². The molecule has 0 spiro atoms. The number of piperazine rings is 1. The van der Waals surface area contributed by atoms with Gasteiger partial charge in [0.05, 0.1) is 5.41 Å². The van der Waals surface area contributed by atoms with Crippen molar-refractivity contribution >= 4 is 5.91 Å². The van der Waals surface area contributed by atoms with Crippen LogP contribution in [-0.4, -0.2) is 55.1 Å². The van der Waals surface area contributed by atoms with Crippen LogP contribution < -0.4 is 0 Å². The van der Waals surface area contributed by atoms with Crippen molar-refractivity contribution in [1.82, 2.24) is 9.80 Å². The van der Waals surface area contributed by atoms with Crippen molar-refractivity contribution in [3.8, 4) is 0 Å². The Kier molecular flexibility index (Phi) is 5.74. The van der Waals surface area contributed by atoms with E-state index in [1.54, 1.807) is 12.1 Å². The molecule has 0 aliphatic carbocycles. The maximum Gasteiger partial charge on any atom is 0.233 e. The second-order valence-corrected chi connectivity index (χ2v) is 7.76. The number of carbonyl (C=O) groups is 1. The predicted molar refractivity (Wildman–Crippen MR) is 106 cm³/mol. The highest BCUT2D eigenvalue weighted by Gasteiger charge is 2.44. The normalized spacial score (nSPS) is 20.1. The van der Waals surface area contributed by atoms with E-state index in [4.69, 9.17) is 4.74 Å². The predicted octanol–water partition coefficient (Wildman–Crippen LogP) is 3.22. The van der Waals surface area contributed by atoms with Gasteiger partial charge < -0.3 is 9.64 Å². The second-order valence-electron chi connectivity index (χ2n) is 7.76. The third kappa shape index (κ3) is 3.96. The summed E-state index contributed by atoms with van der Waals surface area (Å²) < 4.78 is 19.0. The first-order chi connectivity index (χ1) is 13.7. The Morgan fingerprint density at radius 2 is 1.68 bits per heavy atom. The van der Waals surface area contributed by atoms with E-state index >= 15 is 0 Å². The van der Waals surface area contributed by atoms with Crippen LogP contribution in [0.2, 0.25) is 0 Å². The molecule has 4 rings (SSSR count). The molecule has 0 atom stereocenters. The Morgan fingerprint density at radius 1 is 0.964 bits per heavy atom. The van der Waals surface area contributed by atoms with Crippen molar-refractivity contribution in [3.05, 3.63) is 71.5 Å². The van der Waals surface area contributed by atoms with Crippen molar-refractivity contribution in [3.63, 3.8) is 0 Å². The van der Waals surface area contributed by atoms with Crippen molar-refractivity contribution in [2.45, 2.75) is 24.8 Å². The average molecular weight is 382 g/mol. The minimum Gasteiger partial charge on any atom is -0.381 e. The minimum absolute atomic E-state index is 0.198. The fraction of sp³-hybridized carbons (Fsp3) is 0.435. The van der Waals surface area contributed by atoms with Gasteiger partial charge in [-0.3, -0.25) is 9.69 Å². The number of nitrogens with zero attached hydrogens (tertiary/aromatic N) is 2. The summed E-state index contributed by atoms with van der Waals surface area (Å²) in [5.74, 6) is 0.0306. The maximum absolute atomic E-state index is 13.6. The van der Waals surface area contributed by atoms with E-state index in [0.29, 0.717) is 26.3 Å². The van der Waals surface area contributed by atoms with Crippen molar-refractivity contribution in [2.75, 3.05) is 39.4 Å². The van der Waals surface area contributed by atoms with Gasteiger partial charge in [-0.15, -0.1) is 0 Å². The lowest BCUT2D eigenvalue weighted by Gasteiger charge is -2.43. The Labute approximate surface area is 165 Å². The van der Waals surface area contributed by atoms with E-state index < -0.39 is 5.41 Å². The van der Waals surface area contributed by atoms with Crippen molar-refractivity contribution < 1.29 is 13.9 Å². The average Bonchev–Trinajstić information content (AvgIpc) is 2.75. The first-order valence-corrected chi connectivity index (χ1v) is 10.1. The summed E-state index contributed by atoms with van der Waals surface area (Å²) in [5, 5.41) is 0. The van der Waals surface area contributed by atoms with Gasteiger partial charge in [-0.25, -0.2) is 4.39 Å². The number of benzene rings is 2. The molecule has 0 N–H and O–H groups in total. The van der Waals surface area contributed by atoms with E-state index in [9.17, 15) is 9.18 Å². The molecule has 2 aliphatic rings. The second kappa shape index (κ2) is 8.41. The van der Waals surface area contributed by atoms with Crippen LogP contribution in [0.25, 0.3) is 0 Å². The van der Waals surface area contributed by atoms with Crippen LogP contribution in [0.4, 0.5) is 4.39 Å². The molecule has 2 saturated heterocycles. The molecule has 148 valence electrons. The lowest BCUT2D eigenvalue weighted by atomic mass is 9.73. The van der Waals surface area contributed by atoms with Crippen LogP contribution in [0, 0.1) is 5.82 Å². The Balaban J connectivity index is 1.43. The largest absolute Gasteiger partial charge is 0.381 e. The smallest absolute Gasteiger partial charge is 0.233 e. The summed E-state index contributed by atoms with van der Waals surface area (Å²) in [7, 11) is 0. The van der Waals surface area contributed by atoms with Crippen LogP contribution in [0.5, 0.6) is 0 Å². The summed E-state index contributed by atoms with van der Waals surface area (Å²) in [6.45, 7) is 5.01. The van der Waals surface area contributed by atoms with Gasteiger partial charge in [-0.1, -0.05) is 42.5 Å². The summed E-state index contributed by atoms with van der Waals surface area (Å²) in [5.41, 5.74) is 1.61. The van der Waals surface area contributed by atoms with E-state index in [1.165, 1.54) is 6.07 Å². The quantitative estimate of drug-likeness (QED) is 0.814. The number of carbonyl (C=O) groups excluding carboxylic acids is 1. The summed E-state index contributed by atoms with van der Waals surface area (Å²) in [6, 6.07) is 16.9. The van der Waals surface area contributed by atoms with Gasteiger partial charge in [0.1, 0.15) is 5.82 Å². The molecule has 0 unspecified atom stereocenters. The molecule has 0 bridgehead atoms. The first-order valence-electron chi connectivity index (χ1n) is 10.1. The van der Waals surface area contributed by atoms with Gasteiger partial charge in [0.15, 0.2) is 0 Å². The zero-order chi connectivity index (χ0) is 19.4. The molecular formula is C23H27FN2O2. The molecule has 2 aromatic carbocycles. The Hall–Kier alpha value is -2.24. The summed E-state index contributed by atoms with van der Waals surface area (Å²) in [4.78, 5) is 17.9. The number of amides is 1. The van der Waals surface area contributed by atoms with E-state index in [-0.39, 0.29) is 11.7 Å². The highest BCUT2D eigenvalue weighted by atomic mass is 19.1.